The van der Waals surface area contributed by atoms with Crippen LogP contribution in [0, 0.1) is 0 Å². The van der Waals surface area contributed by atoms with Gasteiger partial charge in [-0.25, -0.2) is 9.99 Å². The van der Waals surface area contributed by atoms with Gasteiger partial charge in [0.25, 0.3) is 5.91 Å². The number of carbonyl (C=O) groups excluding carboxylic acids is 1. The fourth-order valence-electron chi connectivity index (χ4n) is 3.02. The number of hydrogen-bond acceptors (Lipinski definition) is 3. The highest BCUT2D eigenvalue weighted by molar-refractivity contribution is 6.12. The van der Waals surface area contributed by atoms with Gasteiger partial charge in [-0.15, -0.1) is 0 Å². The second-order valence-electron chi connectivity index (χ2n) is 5.81. The van der Waals surface area contributed by atoms with Gasteiger partial charge in [0.15, 0.2) is 0 Å². The molecule has 0 unspecified atom stereocenters. The summed E-state index contributed by atoms with van der Waals surface area (Å²) in [6.07, 6.45) is 3.75. The van der Waals surface area contributed by atoms with E-state index in [0.29, 0.717) is 11.4 Å². The van der Waals surface area contributed by atoms with E-state index in [-0.39, 0.29) is 5.91 Å². The van der Waals surface area contributed by atoms with Crippen molar-refractivity contribution in [2.75, 3.05) is 12.1 Å². The van der Waals surface area contributed by atoms with E-state index in [0.717, 1.165) is 16.8 Å². The summed E-state index contributed by atoms with van der Waals surface area (Å²) < 4.78 is 0. The number of carbonyl (C=O) groups is 1. The standard InChI is InChI=1S/C21H17N3O/c1-23(20-13-7-8-14-22-20)24-19(15-16-9-3-2-4-10-16)17-11-5-6-12-18(17)21(24)25/h2-15H,1H3. The Morgan fingerprint density at radius 3 is 2.28 bits per heavy atom. The van der Waals surface area contributed by atoms with E-state index in [1.54, 1.807) is 16.2 Å². The molecular formula is C21H17N3O. The van der Waals surface area contributed by atoms with Crippen molar-refractivity contribution in [2.45, 2.75) is 0 Å². The first-order valence-electron chi connectivity index (χ1n) is 8.11. The predicted molar refractivity (Wildman–Crippen MR) is 99.6 cm³/mol. The number of benzene rings is 2. The average Bonchev–Trinajstić information content (AvgIpc) is 2.95. The molecule has 25 heavy (non-hydrogen) atoms. The Labute approximate surface area is 146 Å². The van der Waals surface area contributed by atoms with Gasteiger partial charge in [0, 0.05) is 18.8 Å². The van der Waals surface area contributed by atoms with Crippen LogP contribution in [-0.2, 0) is 0 Å². The third-order valence-corrected chi connectivity index (χ3v) is 4.24. The third kappa shape index (κ3) is 2.68. The number of hydrogen-bond donors (Lipinski definition) is 0. The van der Waals surface area contributed by atoms with Gasteiger partial charge in [0.1, 0.15) is 5.82 Å². The van der Waals surface area contributed by atoms with Gasteiger partial charge in [0.2, 0.25) is 0 Å². The summed E-state index contributed by atoms with van der Waals surface area (Å²) in [5, 5.41) is 3.47. The molecule has 0 saturated carbocycles. The second kappa shape index (κ2) is 6.24. The topological polar surface area (TPSA) is 36.4 Å². The lowest BCUT2D eigenvalue weighted by Gasteiger charge is -2.30. The van der Waals surface area contributed by atoms with Crippen molar-refractivity contribution < 1.29 is 4.79 Å². The fraction of sp³-hybridized carbons (Fsp3) is 0.0476. The smallest absolute Gasteiger partial charge is 0.267 e. The molecule has 1 aliphatic heterocycles. The first kappa shape index (κ1) is 15.1. The molecule has 4 heteroatoms. The molecule has 122 valence electrons. The Bertz CT molecular complexity index is 936. The average molecular weight is 327 g/mol. The lowest BCUT2D eigenvalue weighted by atomic mass is 10.1. The molecule has 0 saturated heterocycles. The van der Waals surface area contributed by atoms with E-state index < -0.39 is 0 Å². The highest BCUT2D eigenvalue weighted by atomic mass is 16.2. The van der Waals surface area contributed by atoms with Gasteiger partial charge in [-0.2, -0.15) is 0 Å². The minimum atomic E-state index is -0.0501. The molecular weight excluding hydrogens is 310 g/mol. The van der Waals surface area contributed by atoms with Crippen LogP contribution in [-0.4, -0.2) is 22.9 Å². The van der Waals surface area contributed by atoms with Crippen LogP contribution in [0.1, 0.15) is 21.5 Å². The summed E-state index contributed by atoms with van der Waals surface area (Å²) in [6.45, 7) is 0. The summed E-state index contributed by atoms with van der Waals surface area (Å²) in [7, 11) is 1.85. The summed E-state index contributed by atoms with van der Waals surface area (Å²) in [5.74, 6) is 0.661. The molecule has 0 radical (unpaired) electrons. The van der Waals surface area contributed by atoms with Crippen LogP contribution in [0.2, 0.25) is 0 Å². The van der Waals surface area contributed by atoms with Crippen molar-refractivity contribution in [3.8, 4) is 0 Å². The van der Waals surface area contributed by atoms with Crippen LogP contribution >= 0.6 is 0 Å². The number of amides is 1. The summed E-state index contributed by atoms with van der Waals surface area (Å²) in [4.78, 5) is 17.4. The molecule has 1 aliphatic rings. The fourth-order valence-corrected chi connectivity index (χ4v) is 3.02. The molecule has 2 heterocycles. The maximum absolute atomic E-state index is 13.0. The number of nitrogens with zero attached hydrogens (tertiary/aromatic N) is 3. The molecule has 4 rings (SSSR count). The summed E-state index contributed by atoms with van der Waals surface area (Å²) in [6, 6.07) is 23.3. The van der Waals surface area contributed by atoms with Gasteiger partial charge < -0.3 is 0 Å². The molecule has 0 atom stereocenters. The number of fused-ring (bicyclic) bond motifs is 1. The Morgan fingerprint density at radius 2 is 1.56 bits per heavy atom. The van der Waals surface area contributed by atoms with E-state index >= 15 is 0 Å². The van der Waals surface area contributed by atoms with Crippen molar-refractivity contribution in [1.29, 1.82) is 0 Å². The van der Waals surface area contributed by atoms with E-state index in [2.05, 4.69) is 4.98 Å². The van der Waals surface area contributed by atoms with E-state index in [9.17, 15) is 4.79 Å². The Hall–Kier alpha value is -3.40. The van der Waals surface area contributed by atoms with Crippen LogP contribution in [0.25, 0.3) is 11.8 Å². The van der Waals surface area contributed by atoms with Gasteiger partial charge in [0.05, 0.1) is 11.3 Å². The van der Waals surface area contributed by atoms with Crippen LogP contribution in [0.3, 0.4) is 0 Å². The van der Waals surface area contributed by atoms with Gasteiger partial charge in [-0.1, -0.05) is 54.6 Å². The largest absolute Gasteiger partial charge is 0.277 e. The maximum atomic E-state index is 13.0. The van der Waals surface area contributed by atoms with Gasteiger partial charge in [-0.05, 0) is 29.8 Å². The molecule has 0 fully saturated rings. The third-order valence-electron chi connectivity index (χ3n) is 4.24. The minimum Gasteiger partial charge on any atom is -0.267 e. The molecule has 0 bridgehead atoms. The Kier molecular flexibility index (Phi) is 3.78. The second-order valence-corrected chi connectivity index (χ2v) is 5.81. The molecule has 0 aliphatic carbocycles. The molecule has 0 spiro atoms. The SMILES string of the molecule is CN(c1ccccn1)N1C(=O)c2ccccc2C1=Cc1ccccc1. The molecule has 1 amide bonds. The zero-order chi connectivity index (χ0) is 17.2. The molecule has 4 nitrogen and oxygen atoms in total. The Morgan fingerprint density at radius 1 is 0.880 bits per heavy atom. The van der Waals surface area contributed by atoms with E-state index in [1.807, 2.05) is 85.9 Å². The van der Waals surface area contributed by atoms with Crippen LogP contribution in [0.4, 0.5) is 5.82 Å². The molecule has 2 aromatic carbocycles. The highest BCUT2D eigenvalue weighted by Gasteiger charge is 2.35. The lowest BCUT2D eigenvalue weighted by molar-refractivity contribution is 0.0844. The number of aromatic nitrogens is 1. The zero-order valence-electron chi connectivity index (χ0n) is 13.8. The first-order chi connectivity index (χ1) is 12.3. The van der Waals surface area contributed by atoms with Crippen LogP contribution in [0.15, 0.2) is 79.0 Å². The molecule has 3 aromatic rings. The first-order valence-corrected chi connectivity index (χ1v) is 8.11. The van der Waals surface area contributed by atoms with Crippen molar-refractivity contribution in [3.05, 3.63) is 95.7 Å². The summed E-state index contributed by atoms with van der Waals surface area (Å²) in [5.41, 5.74) is 3.52. The predicted octanol–water partition coefficient (Wildman–Crippen LogP) is 4.09. The minimum absolute atomic E-state index is 0.0501. The maximum Gasteiger partial charge on any atom is 0.277 e. The number of rotatable bonds is 3. The number of anilines is 1. The van der Waals surface area contributed by atoms with Crippen molar-refractivity contribution >= 4 is 23.5 Å². The van der Waals surface area contributed by atoms with Gasteiger partial charge >= 0.3 is 0 Å². The monoisotopic (exact) mass is 327 g/mol. The van der Waals surface area contributed by atoms with Crippen LogP contribution < -0.4 is 5.01 Å². The molecule has 0 N–H and O–H groups in total. The quantitative estimate of drug-likeness (QED) is 0.727. The van der Waals surface area contributed by atoms with Crippen molar-refractivity contribution in [2.24, 2.45) is 0 Å². The van der Waals surface area contributed by atoms with Crippen molar-refractivity contribution in [1.82, 2.24) is 9.99 Å². The lowest BCUT2D eigenvalue weighted by Crippen LogP contribution is -2.39. The van der Waals surface area contributed by atoms with E-state index in [1.165, 1.54) is 0 Å². The summed E-state index contributed by atoms with van der Waals surface area (Å²) >= 11 is 0. The Balaban J connectivity index is 1.85. The highest BCUT2D eigenvalue weighted by Crippen LogP contribution is 2.36. The number of hydrazine groups is 1. The van der Waals surface area contributed by atoms with Crippen LogP contribution in [0.5, 0.6) is 0 Å². The normalized spacial score (nSPS) is 14.7. The van der Waals surface area contributed by atoms with Gasteiger partial charge in [-0.3, -0.25) is 9.80 Å². The number of pyridine rings is 1. The molecule has 1 aromatic heterocycles. The van der Waals surface area contributed by atoms with Crippen molar-refractivity contribution in [3.63, 3.8) is 0 Å². The zero-order valence-corrected chi connectivity index (χ0v) is 13.8. The van der Waals surface area contributed by atoms with E-state index in [4.69, 9.17) is 0 Å².